The molecule has 0 saturated heterocycles. The van der Waals surface area contributed by atoms with Crippen LogP contribution in [-0.2, 0) is 16.6 Å². The zero-order chi connectivity index (χ0) is 13.0. The molecule has 0 bridgehead atoms. The highest BCUT2D eigenvalue weighted by Crippen LogP contribution is 2.15. The minimum Gasteiger partial charge on any atom is -0.347 e. The Morgan fingerprint density at radius 2 is 2.00 bits per heavy atom. The van der Waals surface area contributed by atoms with Crippen LogP contribution in [0.4, 0.5) is 0 Å². The van der Waals surface area contributed by atoms with Crippen molar-refractivity contribution in [2.24, 2.45) is 0 Å². The van der Waals surface area contributed by atoms with Gasteiger partial charge in [0.25, 0.3) is 0 Å². The molecular formula is C13H18N2O2S. The van der Waals surface area contributed by atoms with E-state index in [1.54, 1.807) is 6.92 Å². The zero-order valence-electron chi connectivity index (χ0n) is 10.5. The number of nitrogens with zero attached hydrogens (tertiary/aromatic N) is 1. The first-order chi connectivity index (χ1) is 8.62. The second-order valence-electron chi connectivity index (χ2n) is 4.22. The summed E-state index contributed by atoms with van der Waals surface area (Å²) in [6, 6.07) is 10.3. The molecule has 0 atom stereocenters. The molecule has 0 aliphatic carbocycles. The number of aryl methyl sites for hydroxylation is 1. The summed E-state index contributed by atoms with van der Waals surface area (Å²) >= 11 is 0. The van der Waals surface area contributed by atoms with Gasteiger partial charge in [0.05, 0.1) is 5.75 Å². The number of hydrogen-bond donors (Lipinski definition) is 1. The first kappa shape index (κ1) is 13.1. The number of rotatable bonds is 6. The number of sulfonamides is 1. The first-order valence-corrected chi connectivity index (χ1v) is 7.79. The van der Waals surface area contributed by atoms with E-state index in [9.17, 15) is 8.42 Å². The van der Waals surface area contributed by atoms with Crippen molar-refractivity contribution in [3.05, 3.63) is 36.5 Å². The lowest BCUT2D eigenvalue weighted by atomic mass is 10.2. The van der Waals surface area contributed by atoms with Gasteiger partial charge >= 0.3 is 0 Å². The average Bonchev–Trinajstić information content (AvgIpc) is 2.78. The summed E-state index contributed by atoms with van der Waals surface area (Å²) in [5.74, 6) is 0.138. The van der Waals surface area contributed by atoms with Gasteiger partial charge in [0.15, 0.2) is 0 Å². The lowest BCUT2D eigenvalue weighted by molar-refractivity contribution is 0.573. The van der Waals surface area contributed by atoms with Crippen LogP contribution in [0, 0.1) is 0 Å². The average molecular weight is 266 g/mol. The minimum absolute atomic E-state index is 0.138. The highest BCUT2D eigenvalue weighted by Gasteiger charge is 2.05. The molecule has 5 heteroatoms. The molecule has 18 heavy (non-hydrogen) atoms. The van der Waals surface area contributed by atoms with E-state index < -0.39 is 10.0 Å². The van der Waals surface area contributed by atoms with Crippen LogP contribution in [-0.4, -0.2) is 25.3 Å². The summed E-state index contributed by atoms with van der Waals surface area (Å²) in [6.07, 6.45) is 2.83. The molecule has 1 heterocycles. The standard InChI is InChI=1S/C13H18N2O2S/c1-2-18(16,17)14-9-5-10-15-11-8-12-6-3-4-7-13(12)15/h3-4,6-8,11,14H,2,5,9-10H2,1H3. The van der Waals surface area contributed by atoms with E-state index in [0.29, 0.717) is 6.54 Å². The quantitative estimate of drug-likeness (QED) is 0.813. The van der Waals surface area contributed by atoms with Crippen LogP contribution in [0.15, 0.2) is 36.5 Å². The Bertz CT molecular complexity index is 617. The van der Waals surface area contributed by atoms with Gasteiger partial charge in [0, 0.05) is 24.8 Å². The Kier molecular flexibility index (Phi) is 4.04. The van der Waals surface area contributed by atoms with Gasteiger partial charge in [-0.3, -0.25) is 0 Å². The second-order valence-corrected chi connectivity index (χ2v) is 6.31. The van der Waals surface area contributed by atoms with Crippen molar-refractivity contribution in [3.8, 4) is 0 Å². The molecule has 0 saturated carbocycles. The monoisotopic (exact) mass is 266 g/mol. The van der Waals surface area contributed by atoms with Crippen LogP contribution in [0.3, 0.4) is 0 Å². The maximum absolute atomic E-state index is 11.3. The lowest BCUT2D eigenvalue weighted by Gasteiger charge is -2.06. The van der Waals surface area contributed by atoms with E-state index in [2.05, 4.69) is 27.5 Å². The molecule has 0 unspecified atom stereocenters. The highest BCUT2D eigenvalue weighted by atomic mass is 32.2. The summed E-state index contributed by atoms with van der Waals surface area (Å²) in [4.78, 5) is 0. The lowest BCUT2D eigenvalue weighted by Crippen LogP contribution is -2.26. The smallest absolute Gasteiger partial charge is 0.211 e. The van der Waals surface area contributed by atoms with Crippen LogP contribution in [0.1, 0.15) is 13.3 Å². The Morgan fingerprint density at radius 3 is 2.78 bits per heavy atom. The van der Waals surface area contributed by atoms with Crippen LogP contribution in [0.2, 0.25) is 0 Å². The van der Waals surface area contributed by atoms with Crippen LogP contribution < -0.4 is 4.72 Å². The Morgan fingerprint density at radius 1 is 1.22 bits per heavy atom. The van der Waals surface area contributed by atoms with Crippen LogP contribution >= 0.6 is 0 Å². The van der Waals surface area contributed by atoms with Gasteiger partial charge in [-0.25, -0.2) is 13.1 Å². The Hall–Kier alpha value is -1.33. The molecular weight excluding hydrogens is 248 g/mol. The molecule has 0 spiro atoms. The Balaban J connectivity index is 1.91. The molecule has 0 radical (unpaired) electrons. The number of benzene rings is 1. The SMILES string of the molecule is CCS(=O)(=O)NCCCn1ccc2ccccc21. The van der Waals surface area contributed by atoms with E-state index in [0.717, 1.165) is 13.0 Å². The van der Waals surface area contributed by atoms with Crippen LogP contribution in [0.25, 0.3) is 10.9 Å². The van der Waals surface area contributed by atoms with E-state index >= 15 is 0 Å². The van der Waals surface area contributed by atoms with Crippen molar-refractivity contribution in [1.82, 2.24) is 9.29 Å². The van der Waals surface area contributed by atoms with Gasteiger partial charge < -0.3 is 4.57 Å². The topological polar surface area (TPSA) is 51.1 Å². The third-order valence-corrected chi connectivity index (χ3v) is 4.36. The Labute approximate surface area is 108 Å². The van der Waals surface area contributed by atoms with Crippen molar-refractivity contribution < 1.29 is 8.42 Å². The van der Waals surface area contributed by atoms with Crippen molar-refractivity contribution >= 4 is 20.9 Å². The molecule has 0 fully saturated rings. The summed E-state index contributed by atoms with van der Waals surface area (Å²) in [5, 5.41) is 1.21. The fraction of sp³-hybridized carbons (Fsp3) is 0.385. The van der Waals surface area contributed by atoms with Crippen molar-refractivity contribution in [2.45, 2.75) is 19.9 Å². The van der Waals surface area contributed by atoms with Crippen LogP contribution in [0.5, 0.6) is 0 Å². The maximum Gasteiger partial charge on any atom is 0.211 e. The van der Waals surface area contributed by atoms with Gasteiger partial charge in [0.2, 0.25) is 10.0 Å². The molecule has 98 valence electrons. The van der Waals surface area contributed by atoms with Gasteiger partial charge in [0.1, 0.15) is 0 Å². The van der Waals surface area contributed by atoms with E-state index in [1.807, 2.05) is 18.3 Å². The zero-order valence-corrected chi connectivity index (χ0v) is 11.3. The van der Waals surface area contributed by atoms with Crippen molar-refractivity contribution in [1.29, 1.82) is 0 Å². The van der Waals surface area contributed by atoms with E-state index in [-0.39, 0.29) is 5.75 Å². The summed E-state index contributed by atoms with van der Waals surface area (Å²) in [5.41, 5.74) is 1.19. The maximum atomic E-state index is 11.3. The van der Waals surface area contributed by atoms with E-state index in [1.165, 1.54) is 10.9 Å². The molecule has 1 aromatic heterocycles. The predicted molar refractivity (Wildman–Crippen MR) is 74.0 cm³/mol. The van der Waals surface area contributed by atoms with Gasteiger partial charge in [-0.15, -0.1) is 0 Å². The molecule has 2 rings (SSSR count). The van der Waals surface area contributed by atoms with Crippen molar-refractivity contribution in [2.75, 3.05) is 12.3 Å². The van der Waals surface area contributed by atoms with Gasteiger partial charge in [-0.1, -0.05) is 18.2 Å². The van der Waals surface area contributed by atoms with E-state index in [4.69, 9.17) is 0 Å². The molecule has 4 nitrogen and oxygen atoms in total. The highest BCUT2D eigenvalue weighted by molar-refractivity contribution is 7.89. The minimum atomic E-state index is -3.06. The predicted octanol–water partition coefficient (Wildman–Crippen LogP) is 1.97. The van der Waals surface area contributed by atoms with Gasteiger partial charge in [-0.2, -0.15) is 0 Å². The third kappa shape index (κ3) is 3.11. The fourth-order valence-corrected chi connectivity index (χ4v) is 2.57. The largest absolute Gasteiger partial charge is 0.347 e. The molecule has 0 aliphatic heterocycles. The fourth-order valence-electron chi connectivity index (χ4n) is 1.91. The first-order valence-electron chi connectivity index (χ1n) is 6.13. The number of nitrogens with one attached hydrogen (secondary N) is 1. The third-order valence-electron chi connectivity index (χ3n) is 2.96. The molecule has 0 aliphatic rings. The molecule has 1 aromatic carbocycles. The number of para-hydroxylation sites is 1. The number of fused-ring (bicyclic) bond motifs is 1. The van der Waals surface area contributed by atoms with Gasteiger partial charge in [-0.05, 0) is 30.9 Å². The summed E-state index contributed by atoms with van der Waals surface area (Å²) in [7, 11) is -3.06. The molecule has 0 amide bonds. The molecule has 2 aromatic rings. The summed E-state index contributed by atoms with van der Waals surface area (Å²) in [6.45, 7) is 2.95. The van der Waals surface area contributed by atoms with Crippen molar-refractivity contribution in [3.63, 3.8) is 0 Å². The normalized spacial score (nSPS) is 12.1. The number of aromatic nitrogens is 1. The molecule has 1 N–H and O–H groups in total. The summed E-state index contributed by atoms with van der Waals surface area (Å²) < 4.78 is 27.2. The second kappa shape index (κ2) is 5.54. The number of hydrogen-bond acceptors (Lipinski definition) is 2.